The minimum atomic E-state index is -0.508. The zero-order chi connectivity index (χ0) is 22.6. The summed E-state index contributed by atoms with van der Waals surface area (Å²) in [6.45, 7) is 9.80. The molecule has 1 saturated carbocycles. The first kappa shape index (κ1) is 23.6. The highest BCUT2D eigenvalue weighted by Crippen LogP contribution is 2.52. The van der Waals surface area contributed by atoms with Gasteiger partial charge in [-0.25, -0.2) is 4.79 Å². The number of hydrogen-bond donors (Lipinski definition) is 2. The number of ether oxygens (including phenoxy) is 4. The van der Waals surface area contributed by atoms with Crippen LogP contribution < -0.4 is 11.1 Å². The van der Waals surface area contributed by atoms with E-state index < -0.39 is 11.7 Å². The maximum Gasteiger partial charge on any atom is 0.407 e. The fraction of sp³-hybridized carbons (Fsp3) is 0.625. The van der Waals surface area contributed by atoms with E-state index in [0.29, 0.717) is 31.9 Å². The van der Waals surface area contributed by atoms with Gasteiger partial charge in [0.2, 0.25) is 0 Å². The van der Waals surface area contributed by atoms with E-state index in [-0.39, 0.29) is 23.7 Å². The Kier molecular flexibility index (Phi) is 7.29. The molecule has 7 heteroatoms. The lowest BCUT2D eigenvalue weighted by Crippen LogP contribution is -2.59. The second-order valence-corrected chi connectivity index (χ2v) is 9.30. The standard InChI is InChI=1S/C24H36N2O5/c1-16(2)11-13-29-23(3,4)21-20(28-5)19(10-12-24(21)15-30-24)31-22(27)26-14-17-6-8-18(25)9-7-17/h6-9,11,19-21H,10,12-15,25H2,1-5H3,(H,26,27)/t19-,20-,21-,24+/m1/s1. The van der Waals surface area contributed by atoms with Gasteiger partial charge in [-0.15, -0.1) is 0 Å². The van der Waals surface area contributed by atoms with Crippen LogP contribution in [-0.2, 0) is 25.5 Å². The maximum atomic E-state index is 12.5. The Morgan fingerprint density at radius 2 is 2.00 bits per heavy atom. The molecule has 1 aliphatic heterocycles. The van der Waals surface area contributed by atoms with Gasteiger partial charge in [-0.2, -0.15) is 0 Å². The van der Waals surface area contributed by atoms with Crippen LogP contribution in [0.5, 0.6) is 0 Å². The zero-order valence-corrected chi connectivity index (χ0v) is 19.3. The molecule has 172 valence electrons. The highest BCUT2D eigenvalue weighted by Gasteiger charge is 2.64. The summed E-state index contributed by atoms with van der Waals surface area (Å²) >= 11 is 0. The van der Waals surface area contributed by atoms with Gasteiger partial charge >= 0.3 is 6.09 Å². The molecule has 0 bridgehead atoms. The summed E-state index contributed by atoms with van der Waals surface area (Å²) in [5.74, 6) is -0.0563. The molecule has 0 unspecified atom stereocenters. The van der Waals surface area contributed by atoms with Crippen LogP contribution in [0.15, 0.2) is 35.9 Å². The molecule has 3 rings (SSSR count). The van der Waals surface area contributed by atoms with Gasteiger partial charge in [-0.1, -0.05) is 23.8 Å². The van der Waals surface area contributed by atoms with Crippen LogP contribution in [0.1, 0.15) is 46.1 Å². The van der Waals surface area contributed by atoms with Crippen molar-refractivity contribution in [2.24, 2.45) is 5.92 Å². The Morgan fingerprint density at radius 3 is 2.58 bits per heavy atom. The fourth-order valence-electron chi connectivity index (χ4n) is 4.58. The summed E-state index contributed by atoms with van der Waals surface area (Å²) in [6, 6.07) is 7.37. The first-order valence-corrected chi connectivity index (χ1v) is 10.9. The molecular weight excluding hydrogens is 396 g/mol. The lowest BCUT2D eigenvalue weighted by Gasteiger charge is -2.47. The lowest BCUT2D eigenvalue weighted by molar-refractivity contribution is -0.172. The van der Waals surface area contributed by atoms with Gasteiger partial charge in [-0.05, 0) is 58.2 Å². The number of carbonyl (C=O) groups excluding carboxylic acids is 1. The van der Waals surface area contributed by atoms with Gasteiger partial charge in [-0.3, -0.25) is 0 Å². The van der Waals surface area contributed by atoms with Gasteiger partial charge in [0.25, 0.3) is 0 Å². The third kappa shape index (κ3) is 5.79. The minimum Gasteiger partial charge on any atom is -0.443 e. The Hall–Kier alpha value is -2.09. The summed E-state index contributed by atoms with van der Waals surface area (Å²) in [5.41, 5.74) is 7.78. The van der Waals surface area contributed by atoms with Crippen molar-refractivity contribution in [2.45, 2.75) is 70.5 Å². The van der Waals surface area contributed by atoms with E-state index in [4.69, 9.17) is 24.7 Å². The number of benzene rings is 1. The summed E-state index contributed by atoms with van der Waals surface area (Å²) in [4.78, 5) is 12.5. The normalized spacial score (nSPS) is 27.6. The maximum absolute atomic E-state index is 12.5. The number of nitrogen functional groups attached to an aromatic ring is 1. The van der Waals surface area contributed by atoms with Crippen molar-refractivity contribution in [3.8, 4) is 0 Å². The Morgan fingerprint density at radius 1 is 1.32 bits per heavy atom. The first-order chi connectivity index (χ1) is 14.7. The van der Waals surface area contributed by atoms with Crippen LogP contribution in [0.25, 0.3) is 0 Å². The van der Waals surface area contributed by atoms with Gasteiger partial charge < -0.3 is 30.0 Å². The van der Waals surface area contributed by atoms with Crippen molar-refractivity contribution >= 4 is 11.8 Å². The molecule has 1 saturated heterocycles. The number of alkyl carbamates (subject to hydrolysis) is 1. The number of anilines is 1. The fourth-order valence-corrected chi connectivity index (χ4v) is 4.58. The molecular formula is C24H36N2O5. The average molecular weight is 433 g/mol. The predicted octanol–water partition coefficient (Wildman–Crippen LogP) is 3.82. The number of nitrogens with one attached hydrogen (secondary N) is 1. The van der Waals surface area contributed by atoms with E-state index in [1.54, 1.807) is 19.2 Å². The van der Waals surface area contributed by atoms with Crippen molar-refractivity contribution in [2.75, 3.05) is 26.1 Å². The van der Waals surface area contributed by atoms with E-state index in [2.05, 4.69) is 25.2 Å². The van der Waals surface area contributed by atoms with E-state index >= 15 is 0 Å². The Labute approximate surface area is 185 Å². The molecule has 7 nitrogen and oxygen atoms in total. The number of rotatable bonds is 8. The molecule has 1 aliphatic carbocycles. The molecule has 2 aliphatic rings. The average Bonchev–Trinajstić information content (AvgIpc) is 3.47. The Bertz CT molecular complexity index is 782. The highest BCUT2D eigenvalue weighted by atomic mass is 16.6. The monoisotopic (exact) mass is 432 g/mol. The third-order valence-electron chi connectivity index (χ3n) is 6.27. The van der Waals surface area contributed by atoms with Gasteiger partial charge in [0.05, 0.1) is 24.4 Å². The molecule has 1 heterocycles. The largest absolute Gasteiger partial charge is 0.443 e. The van der Waals surface area contributed by atoms with Crippen molar-refractivity contribution < 1.29 is 23.7 Å². The molecule has 31 heavy (non-hydrogen) atoms. The van der Waals surface area contributed by atoms with Crippen molar-refractivity contribution in [3.63, 3.8) is 0 Å². The second kappa shape index (κ2) is 9.59. The summed E-state index contributed by atoms with van der Waals surface area (Å²) in [6.07, 6.45) is 2.41. The van der Waals surface area contributed by atoms with E-state index in [0.717, 1.165) is 12.0 Å². The van der Waals surface area contributed by atoms with E-state index in [9.17, 15) is 4.79 Å². The number of hydrogen-bond acceptors (Lipinski definition) is 6. The molecule has 1 spiro atoms. The summed E-state index contributed by atoms with van der Waals surface area (Å²) < 4.78 is 23.9. The van der Waals surface area contributed by atoms with E-state index in [1.807, 2.05) is 26.0 Å². The van der Waals surface area contributed by atoms with Gasteiger partial charge in [0.1, 0.15) is 12.2 Å². The van der Waals surface area contributed by atoms with Crippen molar-refractivity contribution in [3.05, 3.63) is 41.5 Å². The summed E-state index contributed by atoms with van der Waals surface area (Å²) in [5, 5.41) is 2.82. The number of epoxide rings is 1. The zero-order valence-electron chi connectivity index (χ0n) is 19.3. The lowest BCUT2D eigenvalue weighted by atomic mass is 9.68. The Balaban J connectivity index is 1.65. The topological polar surface area (TPSA) is 95.3 Å². The second-order valence-electron chi connectivity index (χ2n) is 9.30. The molecule has 3 N–H and O–H groups in total. The van der Waals surface area contributed by atoms with Crippen molar-refractivity contribution in [1.82, 2.24) is 5.32 Å². The molecule has 1 aromatic rings. The molecule has 0 radical (unpaired) electrons. The number of methoxy groups -OCH3 is 1. The minimum absolute atomic E-state index is 0.0563. The van der Waals surface area contributed by atoms with E-state index in [1.165, 1.54) is 5.57 Å². The number of carbonyl (C=O) groups is 1. The van der Waals surface area contributed by atoms with Crippen LogP contribution in [0.4, 0.5) is 10.5 Å². The first-order valence-electron chi connectivity index (χ1n) is 10.9. The molecule has 0 aromatic heterocycles. The van der Waals surface area contributed by atoms with Gasteiger partial charge in [0.15, 0.2) is 0 Å². The SMILES string of the molecule is CO[C@H]1[C@H](C(C)(C)OCC=C(C)C)[C@]2(CC[C@H]1OC(=O)NCc1ccc(N)cc1)CO2. The summed E-state index contributed by atoms with van der Waals surface area (Å²) in [7, 11) is 1.66. The molecule has 4 atom stereocenters. The van der Waals surface area contributed by atoms with Crippen LogP contribution >= 0.6 is 0 Å². The third-order valence-corrected chi connectivity index (χ3v) is 6.27. The number of amides is 1. The van der Waals surface area contributed by atoms with Crippen molar-refractivity contribution in [1.29, 1.82) is 0 Å². The highest BCUT2D eigenvalue weighted by molar-refractivity contribution is 5.67. The van der Waals surface area contributed by atoms with Crippen LogP contribution in [0, 0.1) is 5.92 Å². The molecule has 1 aromatic carbocycles. The molecule has 1 amide bonds. The number of nitrogens with two attached hydrogens (primary N) is 1. The van der Waals surface area contributed by atoms with Gasteiger partial charge in [0, 0.05) is 25.3 Å². The number of allylic oxidation sites excluding steroid dienone is 1. The molecule has 2 fully saturated rings. The quantitative estimate of drug-likeness (QED) is 0.368. The smallest absolute Gasteiger partial charge is 0.407 e. The predicted molar refractivity (Wildman–Crippen MR) is 120 cm³/mol. The van der Waals surface area contributed by atoms with Crippen LogP contribution in [0.2, 0.25) is 0 Å². The van der Waals surface area contributed by atoms with Crippen LogP contribution in [-0.4, -0.2) is 49.8 Å². The van der Waals surface area contributed by atoms with Crippen LogP contribution in [0.3, 0.4) is 0 Å².